The number of carbonyl (C=O) groups excluding carboxylic acids is 1. The summed E-state index contributed by atoms with van der Waals surface area (Å²) in [4.78, 5) is 12.0. The standard InChI is InChI=1S/C17H22N2O3S/c1-3-8-22-15-6-4-5-14(10-15)19-16(20)18-12-17(2,21)13-7-9-23-11-13/h4-7,9-11,21H,3,8,12H2,1-2H3,(H2,18,19,20). The third-order valence-electron chi connectivity index (χ3n) is 3.30. The molecule has 0 fully saturated rings. The minimum absolute atomic E-state index is 0.127. The van der Waals surface area contributed by atoms with E-state index in [2.05, 4.69) is 10.6 Å². The summed E-state index contributed by atoms with van der Waals surface area (Å²) in [5, 5.41) is 19.6. The number of amides is 2. The number of anilines is 1. The van der Waals surface area contributed by atoms with Crippen LogP contribution in [-0.2, 0) is 5.60 Å². The number of hydrogen-bond acceptors (Lipinski definition) is 4. The molecule has 1 unspecified atom stereocenters. The van der Waals surface area contributed by atoms with Crippen molar-refractivity contribution in [2.75, 3.05) is 18.5 Å². The van der Waals surface area contributed by atoms with Crippen molar-refractivity contribution in [3.63, 3.8) is 0 Å². The molecule has 23 heavy (non-hydrogen) atoms. The Balaban J connectivity index is 1.87. The summed E-state index contributed by atoms with van der Waals surface area (Å²) in [5.41, 5.74) is 0.340. The largest absolute Gasteiger partial charge is 0.494 e. The number of ether oxygens (including phenoxy) is 1. The van der Waals surface area contributed by atoms with Gasteiger partial charge in [0.05, 0.1) is 13.2 Å². The molecule has 0 bridgehead atoms. The molecule has 1 heterocycles. The van der Waals surface area contributed by atoms with Gasteiger partial charge in [-0.2, -0.15) is 11.3 Å². The second-order valence-electron chi connectivity index (χ2n) is 5.47. The second kappa shape index (κ2) is 7.99. The Morgan fingerprint density at radius 2 is 2.22 bits per heavy atom. The molecular weight excluding hydrogens is 312 g/mol. The molecule has 0 aliphatic carbocycles. The van der Waals surface area contributed by atoms with Crippen LogP contribution in [0.2, 0.25) is 0 Å². The lowest BCUT2D eigenvalue weighted by atomic mass is 9.99. The Hall–Kier alpha value is -2.05. The molecule has 0 radical (unpaired) electrons. The van der Waals surface area contributed by atoms with E-state index in [9.17, 15) is 9.90 Å². The van der Waals surface area contributed by atoms with Crippen LogP contribution in [-0.4, -0.2) is 24.3 Å². The molecule has 5 nitrogen and oxygen atoms in total. The fourth-order valence-corrected chi connectivity index (χ4v) is 2.77. The molecule has 6 heteroatoms. The monoisotopic (exact) mass is 334 g/mol. The smallest absolute Gasteiger partial charge is 0.319 e. The zero-order valence-corrected chi connectivity index (χ0v) is 14.2. The number of carbonyl (C=O) groups is 1. The van der Waals surface area contributed by atoms with E-state index in [0.29, 0.717) is 12.3 Å². The maximum atomic E-state index is 12.0. The number of aliphatic hydroxyl groups is 1. The summed E-state index contributed by atoms with van der Waals surface area (Å²) < 4.78 is 5.53. The van der Waals surface area contributed by atoms with E-state index in [1.807, 2.05) is 35.9 Å². The van der Waals surface area contributed by atoms with E-state index in [1.165, 1.54) is 11.3 Å². The lowest BCUT2D eigenvalue weighted by Gasteiger charge is -2.22. The summed E-state index contributed by atoms with van der Waals surface area (Å²) >= 11 is 1.51. The van der Waals surface area contributed by atoms with Crippen LogP contribution in [0.1, 0.15) is 25.8 Å². The second-order valence-corrected chi connectivity index (χ2v) is 6.25. The highest BCUT2D eigenvalue weighted by Crippen LogP contribution is 2.22. The van der Waals surface area contributed by atoms with Crippen molar-refractivity contribution >= 4 is 23.1 Å². The predicted molar refractivity (Wildman–Crippen MR) is 93.1 cm³/mol. The van der Waals surface area contributed by atoms with E-state index in [0.717, 1.165) is 17.7 Å². The van der Waals surface area contributed by atoms with Crippen LogP contribution in [0.4, 0.5) is 10.5 Å². The molecule has 1 atom stereocenters. The fourth-order valence-electron chi connectivity index (χ4n) is 1.98. The van der Waals surface area contributed by atoms with E-state index >= 15 is 0 Å². The van der Waals surface area contributed by atoms with Crippen LogP contribution in [0.25, 0.3) is 0 Å². The molecule has 2 rings (SSSR count). The van der Waals surface area contributed by atoms with Gasteiger partial charge in [-0.1, -0.05) is 13.0 Å². The van der Waals surface area contributed by atoms with Crippen LogP contribution in [0.15, 0.2) is 41.1 Å². The Labute approximate surface area is 140 Å². The normalized spacial score (nSPS) is 13.2. The number of rotatable bonds is 7. The number of benzene rings is 1. The summed E-state index contributed by atoms with van der Waals surface area (Å²) in [5.74, 6) is 0.718. The first-order valence-corrected chi connectivity index (χ1v) is 8.48. The van der Waals surface area contributed by atoms with Crippen LogP contribution in [0, 0.1) is 0 Å². The van der Waals surface area contributed by atoms with Crippen molar-refractivity contribution in [2.24, 2.45) is 0 Å². The quantitative estimate of drug-likeness (QED) is 0.725. The third kappa shape index (κ3) is 5.26. The summed E-state index contributed by atoms with van der Waals surface area (Å²) in [6.45, 7) is 4.48. The molecule has 1 aromatic carbocycles. The molecule has 1 aromatic heterocycles. The van der Waals surface area contributed by atoms with Gasteiger partial charge in [0.25, 0.3) is 0 Å². The Kier molecular flexibility index (Phi) is 6.01. The summed E-state index contributed by atoms with van der Waals surface area (Å²) in [6.07, 6.45) is 0.926. The van der Waals surface area contributed by atoms with Gasteiger partial charge < -0.3 is 20.5 Å². The zero-order chi connectivity index (χ0) is 16.7. The topological polar surface area (TPSA) is 70.6 Å². The molecule has 3 N–H and O–H groups in total. The summed E-state index contributed by atoms with van der Waals surface area (Å²) in [7, 11) is 0. The van der Waals surface area contributed by atoms with Crippen molar-refractivity contribution < 1.29 is 14.6 Å². The van der Waals surface area contributed by atoms with Gasteiger partial charge in [0.1, 0.15) is 11.4 Å². The highest BCUT2D eigenvalue weighted by molar-refractivity contribution is 7.08. The third-order valence-corrected chi connectivity index (χ3v) is 3.98. The van der Waals surface area contributed by atoms with Crippen LogP contribution < -0.4 is 15.4 Å². The van der Waals surface area contributed by atoms with Crippen molar-refractivity contribution in [1.29, 1.82) is 0 Å². The maximum Gasteiger partial charge on any atom is 0.319 e. The van der Waals surface area contributed by atoms with Gasteiger partial charge in [-0.15, -0.1) is 0 Å². The molecule has 0 aliphatic rings. The number of urea groups is 1. The first-order valence-electron chi connectivity index (χ1n) is 7.54. The predicted octanol–water partition coefficient (Wildman–Crippen LogP) is 3.57. The van der Waals surface area contributed by atoms with Crippen molar-refractivity contribution in [1.82, 2.24) is 5.32 Å². The lowest BCUT2D eigenvalue weighted by molar-refractivity contribution is 0.0604. The number of thiophene rings is 1. The van der Waals surface area contributed by atoms with Crippen LogP contribution in [0.3, 0.4) is 0 Å². The lowest BCUT2D eigenvalue weighted by Crippen LogP contribution is -2.40. The number of nitrogens with one attached hydrogen (secondary N) is 2. The van der Waals surface area contributed by atoms with E-state index in [4.69, 9.17) is 4.74 Å². The van der Waals surface area contributed by atoms with Gasteiger partial charge in [0, 0.05) is 11.8 Å². The average Bonchev–Trinajstić information content (AvgIpc) is 3.07. The fraction of sp³-hybridized carbons (Fsp3) is 0.353. The molecule has 2 aromatic rings. The first kappa shape index (κ1) is 17.3. The van der Waals surface area contributed by atoms with Crippen LogP contribution in [0.5, 0.6) is 5.75 Å². The van der Waals surface area contributed by atoms with E-state index < -0.39 is 5.60 Å². The molecular formula is C17H22N2O3S. The average molecular weight is 334 g/mol. The van der Waals surface area contributed by atoms with Gasteiger partial charge in [0.15, 0.2) is 0 Å². The van der Waals surface area contributed by atoms with Gasteiger partial charge in [-0.05, 0) is 47.9 Å². The van der Waals surface area contributed by atoms with Gasteiger partial charge in [-0.3, -0.25) is 0 Å². The van der Waals surface area contributed by atoms with E-state index in [-0.39, 0.29) is 12.6 Å². The maximum absolute atomic E-state index is 12.0. The van der Waals surface area contributed by atoms with Crippen molar-refractivity contribution in [3.05, 3.63) is 46.7 Å². The molecule has 0 saturated carbocycles. The minimum Gasteiger partial charge on any atom is -0.494 e. The molecule has 0 spiro atoms. The van der Waals surface area contributed by atoms with E-state index in [1.54, 1.807) is 19.1 Å². The Morgan fingerprint density at radius 1 is 1.39 bits per heavy atom. The highest BCUT2D eigenvalue weighted by atomic mass is 32.1. The molecule has 0 saturated heterocycles. The first-order chi connectivity index (χ1) is 11.0. The highest BCUT2D eigenvalue weighted by Gasteiger charge is 2.24. The van der Waals surface area contributed by atoms with Gasteiger partial charge in [0.2, 0.25) is 0 Å². The van der Waals surface area contributed by atoms with Gasteiger partial charge in [-0.25, -0.2) is 4.79 Å². The summed E-state index contributed by atoms with van der Waals surface area (Å²) in [6, 6.07) is 8.70. The van der Waals surface area contributed by atoms with Crippen LogP contribution >= 0.6 is 11.3 Å². The van der Waals surface area contributed by atoms with Gasteiger partial charge >= 0.3 is 6.03 Å². The molecule has 124 valence electrons. The Morgan fingerprint density at radius 3 is 2.91 bits per heavy atom. The van der Waals surface area contributed by atoms with Crippen molar-refractivity contribution in [2.45, 2.75) is 25.9 Å². The minimum atomic E-state index is -1.09. The molecule has 2 amide bonds. The Bertz CT molecular complexity index is 627. The van der Waals surface area contributed by atoms with Crippen molar-refractivity contribution in [3.8, 4) is 5.75 Å². The zero-order valence-electron chi connectivity index (χ0n) is 13.3. The SMILES string of the molecule is CCCOc1cccc(NC(=O)NCC(C)(O)c2ccsc2)c1. The molecule has 0 aliphatic heterocycles. The number of hydrogen-bond donors (Lipinski definition) is 3.